The van der Waals surface area contributed by atoms with Gasteiger partial charge >= 0.3 is 39.5 Å². The normalized spacial score (nSPS) is 14.0. The molecule has 0 saturated carbocycles. The second-order valence-corrected chi connectivity index (χ2v) is 33.5. The molecule has 0 heterocycles. The van der Waals surface area contributed by atoms with E-state index in [1.807, 2.05) is 0 Å². The Morgan fingerprint density at radius 2 is 0.460 bits per heavy atom. The first kappa shape index (κ1) is 98.1. The van der Waals surface area contributed by atoms with Crippen LogP contribution >= 0.6 is 15.6 Å². The number of phosphoric acid groups is 2. The molecule has 2 unspecified atom stereocenters. The molecule has 0 rings (SSSR count). The summed E-state index contributed by atoms with van der Waals surface area (Å²) in [4.78, 5) is 73.0. The molecule has 3 N–H and O–H groups in total. The highest BCUT2D eigenvalue weighted by molar-refractivity contribution is 7.47. The predicted octanol–water partition coefficient (Wildman–Crippen LogP) is 24.1. The van der Waals surface area contributed by atoms with Gasteiger partial charge in [-0.1, -0.05) is 370 Å². The van der Waals surface area contributed by atoms with Crippen molar-refractivity contribution in [3.63, 3.8) is 0 Å². The monoisotopic (exact) mass is 1470 g/mol. The summed E-state index contributed by atoms with van der Waals surface area (Å²) in [6.07, 6.45) is 59.7. The van der Waals surface area contributed by atoms with Crippen LogP contribution in [0.4, 0.5) is 0 Å². The average Bonchev–Trinajstić information content (AvgIpc) is 1.20. The van der Waals surface area contributed by atoms with Crippen LogP contribution in [0.15, 0.2) is 0 Å². The lowest BCUT2D eigenvalue weighted by molar-refractivity contribution is -0.161. The number of aliphatic hydroxyl groups is 1. The number of hydrogen-bond donors (Lipinski definition) is 3. The quantitative estimate of drug-likeness (QED) is 0.0222. The lowest BCUT2D eigenvalue weighted by Crippen LogP contribution is -2.30. The zero-order chi connectivity index (χ0) is 73.7. The van der Waals surface area contributed by atoms with Gasteiger partial charge in [0, 0.05) is 25.7 Å². The van der Waals surface area contributed by atoms with Gasteiger partial charge in [-0.3, -0.25) is 37.3 Å². The van der Waals surface area contributed by atoms with Gasteiger partial charge in [0.1, 0.15) is 19.3 Å². The second-order valence-electron chi connectivity index (χ2n) is 30.6. The van der Waals surface area contributed by atoms with E-state index in [-0.39, 0.29) is 25.7 Å². The summed E-state index contributed by atoms with van der Waals surface area (Å²) in [5.74, 6) is 0.196. The van der Waals surface area contributed by atoms with Crippen molar-refractivity contribution in [2.75, 3.05) is 39.6 Å². The van der Waals surface area contributed by atoms with E-state index in [9.17, 15) is 43.2 Å². The topological polar surface area (TPSA) is 237 Å². The Morgan fingerprint density at radius 1 is 0.270 bits per heavy atom. The summed E-state index contributed by atoms with van der Waals surface area (Å²) >= 11 is 0. The molecule has 0 amide bonds. The van der Waals surface area contributed by atoms with E-state index in [0.717, 1.165) is 108 Å². The highest BCUT2D eigenvalue weighted by atomic mass is 31.2. The number of ether oxygens (including phenoxy) is 4. The number of phosphoric ester groups is 2. The standard InChI is InChI=1S/C81H158O17P2/c1-8-9-10-11-12-13-14-15-23-30-35-42-50-57-64-81(86)98-77(69-92-79(84)63-56-49-44-37-40-47-54-61-74(6)7)71-96-100(89,90)94-67-75(82)66-93-99(87,88)95-70-76(68-91-78(83)62-55-48-41-34-29-26-25-28-33-39-46-53-60-73(4)5)97-80(85)65-58-51-43-36-31-24-21-19-17-16-18-20-22-27-32-38-45-52-59-72(2)3/h72-77,82H,8-71H2,1-7H3,(H,87,88)(H,89,90)/t75-,76-,77-/m1/s1. The van der Waals surface area contributed by atoms with Crippen LogP contribution in [0.1, 0.15) is 421 Å². The molecule has 0 aromatic carbocycles. The van der Waals surface area contributed by atoms with E-state index in [2.05, 4.69) is 48.5 Å². The van der Waals surface area contributed by atoms with Crippen LogP contribution in [-0.2, 0) is 65.4 Å². The molecule has 0 aromatic heterocycles. The molecule has 19 heteroatoms. The maximum absolute atomic E-state index is 13.1. The van der Waals surface area contributed by atoms with Gasteiger partial charge in [-0.05, 0) is 43.4 Å². The third-order valence-corrected chi connectivity index (χ3v) is 20.8. The Hall–Kier alpha value is -1.94. The van der Waals surface area contributed by atoms with Crippen LogP contribution in [0.5, 0.6) is 0 Å². The van der Waals surface area contributed by atoms with E-state index >= 15 is 0 Å². The van der Waals surface area contributed by atoms with Crippen LogP contribution in [0, 0.1) is 17.8 Å². The lowest BCUT2D eigenvalue weighted by atomic mass is 10.0. The summed E-state index contributed by atoms with van der Waals surface area (Å²) in [5, 5.41) is 10.6. The zero-order valence-electron chi connectivity index (χ0n) is 65.7. The molecule has 0 aromatic rings. The van der Waals surface area contributed by atoms with E-state index in [1.165, 1.54) is 225 Å². The fourth-order valence-corrected chi connectivity index (χ4v) is 14.1. The maximum Gasteiger partial charge on any atom is 0.472 e. The number of unbranched alkanes of at least 4 members (excludes halogenated alkanes) is 47. The molecule has 0 spiro atoms. The number of aliphatic hydroxyl groups excluding tert-OH is 1. The first-order chi connectivity index (χ1) is 48.2. The summed E-state index contributed by atoms with van der Waals surface area (Å²) in [7, 11) is -9.92. The number of hydrogen-bond acceptors (Lipinski definition) is 15. The summed E-state index contributed by atoms with van der Waals surface area (Å²) in [6.45, 7) is 11.9. The van der Waals surface area contributed by atoms with Gasteiger partial charge in [0.15, 0.2) is 12.2 Å². The van der Waals surface area contributed by atoms with Crippen molar-refractivity contribution in [2.24, 2.45) is 17.8 Å². The fourth-order valence-electron chi connectivity index (χ4n) is 12.5. The Labute approximate surface area is 613 Å². The van der Waals surface area contributed by atoms with Gasteiger partial charge in [0.25, 0.3) is 0 Å². The van der Waals surface area contributed by atoms with Crippen molar-refractivity contribution in [3.05, 3.63) is 0 Å². The third kappa shape index (κ3) is 74.3. The van der Waals surface area contributed by atoms with Crippen LogP contribution in [0.25, 0.3) is 0 Å². The van der Waals surface area contributed by atoms with Crippen molar-refractivity contribution < 1.29 is 80.2 Å². The molecule has 0 aliphatic carbocycles. The molecular weight excluding hydrogens is 1310 g/mol. The van der Waals surface area contributed by atoms with Gasteiger partial charge in [0.2, 0.25) is 0 Å². The smallest absolute Gasteiger partial charge is 0.462 e. The van der Waals surface area contributed by atoms with Crippen LogP contribution in [0.3, 0.4) is 0 Å². The SMILES string of the molecule is CCCCCCCCCCCCCCCCC(=O)O[C@H](COC(=O)CCCCCCCCCC(C)C)COP(=O)(O)OC[C@H](O)COP(=O)(O)OC[C@@H](COC(=O)CCCCCCCCCCCCCCC(C)C)OC(=O)CCCCCCCCCCCCCCCCCCCCC(C)C. The zero-order valence-corrected chi connectivity index (χ0v) is 67.5. The Morgan fingerprint density at radius 3 is 0.680 bits per heavy atom. The molecule has 0 aliphatic heterocycles. The molecule has 0 saturated heterocycles. The second kappa shape index (κ2) is 71.3. The van der Waals surface area contributed by atoms with Crippen molar-refractivity contribution in [2.45, 2.75) is 439 Å². The molecule has 17 nitrogen and oxygen atoms in total. The molecular formula is C81H158O17P2. The molecule has 5 atom stereocenters. The first-order valence-corrected chi connectivity index (χ1v) is 44.8. The van der Waals surface area contributed by atoms with E-state index in [4.69, 9.17) is 37.0 Å². The molecule has 0 aliphatic rings. The Kier molecular flexibility index (Phi) is 69.9. The van der Waals surface area contributed by atoms with Crippen LogP contribution in [0.2, 0.25) is 0 Å². The molecule has 594 valence electrons. The number of esters is 4. The third-order valence-electron chi connectivity index (χ3n) is 18.9. The van der Waals surface area contributed by atoms with Gasteiger partial charge in [-0.2, -0.15) is 0 Å². The van der Waals surface area contributed by atoms with Crippen molar-refractivity contribution >= 4 is 39.5 Å². The minimum absolute atomic E-state index is 0.107. The summed E-state index contributed by atoms with van der Waals surface area (Å²) in [6, 6.07) is 0. The van der Waals surface area contributed by atoms with Gasteiger partial charge < -0.3 is 33.8 Å². The molecule has 0 radical (unpaired) electrons. The number of carbonyl (C=O) groups is 4. The fraction of sp³-hybridized carbons (Fsp3) is 0.951. The van der Waals surface area contributed by atoms with Gasteiger partial charge in [-0.15, -0.1) is 0 Å². The number of rotatable bonds is 79. The largest absolute Gasteiger partial charge is 0.472 e. The van der Waals surface area contributed by atoms with Crippen molar-refractivity contribution in [1.29, 1.82) is 0 Å². The molecule has 0 bridgehead atoms. The van der Waals surface area contributed by atoms with Crippen molar-refractivity contribution in [3.8, 4) is 0 Å². The molecule has 0 fully saturated rings. The van der Waals surface area contributed by atoms with Crippen molar-refractivity contribution in [1.82, 2.24) is 0 Å². The molecule has 100 heavy (non-hydrogen) atoms. The number of carbonyl (C=O) groups excluding carboxylic acids is 4. The van der Waals surface area contributed by atoms with Gasteiger partial charge in [0.05, 0.1) is 26.4 Å². The first-order valence-electron chi connectivity index (χ1n) is 41.8. The van der Waals surface area contributed by atoms with E-state index in [0.29, 0.717) is 31.6 Å². The average molecular weight is 1470 g/mol. The maximum atomic E-state index is 13.1. The van der Waals surface area contributed by atoms with Crippen LogP contribution < -0.4 is 0 Å². The minimum atomic E-state index is -4.96. The summed E-state index contributed by atoms with van der Waals surface area (Å²) < 4.78 is 68.7. The summed E-state index contributed by atoms with van der Waals surface area (Å²) in [5.41, 5.74) is 0. The predicted molar refractivity (Wildman–Crippen MR) is 409 cm³/mol. The Balaban J connectivity index is 5.22. The highest BCUT2D eigenvalue weighted by Gasteiger charge is 2.30. The minimum Gasteiger partial charge on any atom is -0.462 e. The van der Waals surface area contributed by atoms with Crippen LogP contribution in [-0.4, -0.2) is 96.7 Å². The van der Waals surface area contributed by atoms with E-state index in [1.54, 1.807) is 0 Å². The van der Waals surface area contributed by atoms with E-state index < -0.39 is 97.5 Å². The lowest BCUT2D eigenvalue weighted by Gasteiger charge is -2.21. The van der Waals surface area contributed by atoms with Gasteiger partial charge in [-0.25, -0.2) is 9.13 Å². The Bertz CT molecular complexity index is 1940. The highest BCUT2D eigenvalue weighted by Crippen LogP contribution is 2.45.